The summed E-state index contributed by atoms with van der Waals surface area (Å²) in [5.41, 5.74) is 7.58. The number of nitrogens with zero attached hydrogens (tertiary/aromatic N) is 4. The topological polar surface area (TPSA) is 46.5 Å². The normalized spacial score (nSPS) is 12.0. The summed E-state index contributed by atoms with van der Waals surface area (Å²) in [4.78, 5) is 4.74. The van der Waals surface area contributed by atoms with E-state index in [-0.39, 0.29) is 0 Å². The first-order chi connectivity index (χ1) is 21.8. The van der Waals surface area contributed by atoms with Crippen molar-refractivity contribution in [2.75, 3.05) is 0 Å². The number of fused-ring (bicyclic) bond motifs is 6. The second-order valence-corrected chi connectivity index (χ2v) is 11.2. The van der Waals surface area contributed by atoms with Crippen molar-refractivity contribution in [1.82, 2.24) is 14.1 Å². The number of rotatable bonds is 3. The van der Waals surface area contributed by atoms with Gasteiger partial charge in [0.05, 0.1) is 63.0 Å². The van der Waals surface area contributed by atoms with Gasteiger partial charge in [-0.2, -0.15) is 18.4 Å². The number of para-hydroxylation sites is 2. The van der Waals surface area contributed by atoms with Crippen molar-refractivity contribution in [2.45, 2.75) is 13.1 Å². The predicted molar refractivity (Wildman–Crippen MR) is 173 cm³/mol. The third-order valence-corrected chi connectivity index (χ3v) is 8.52. The first-order valence-corrected chi connectivity index (χ1v) is 14.4. The number of pyridine rings is 1. The van der Waals surface area contributed by atoms with Crippen LogP contribution < -0.4 is 0 Å². The van der Waals surface area contributed by atoms with Gasteiger partial charge in [0.15, 0.2) is 0 Å². The Kier molecular flexibility index (Phi) is 5.84. The fraction of sp³-hybridized carbons (Fsp3) is 0.0526. The lowest BCUT2D eigenvalue weighted by atomic mass is 10.0. The number of halogens is 3. The highest BCUT2D eigenvalue weighted by molar-refractivity contribution is 6.12. The van der Waals surface area contributed by atoms with Crippen molar-refractivity contribution in [1.29, 1.82) is 5.26 Å². The van der Waals surface area contributed by atoms with E-state index in [4.69, 9.17) is 4.98 Å². The number of alkyl halides is 3. The van der Waals surface area contributed by atoms with E-state index in [9.17, 15) is 18.4 Å². The lowest BCUT2D eigenvalue weighted by Gasteiger charge is -2.19. The van der Waals surface area contributed by atoms with E-state index in [0.29, 0.717) is 27.5 Å². The van der Waals surface area contributed by atoms with E-state index in [1.165, 1.54) is 12.1 Å². The SMILES string of the molecule is Cc1ccc2c(c1)c1ccccc1n2-c1cncc(-n2c3ccccc3c3cc(C(F)(F)F)ccc32)c1-c1ccc(C#N)cc1. The molecule has 4 nitrogen and oxygen atoms in total. The molecule has 0 unspecified atom stereocenters. The predicted octanol–water partition coefficient (Wildman–Crippen LogP) is 10.1. The summed E-state index contributed by atoms with van der Waals surface area (Å²) in [5.74, 6) is 0. The number of nitriles is 1. The molecule has 0 atom stereocenters. The maximum Gasteiger partial charge on any atom is 0.416 e. The molecule has 0 amide bonds. The molecule has 0 saturated carbocycles. The molecular weight excluding hydrogens is 569 g/mol. The van der Waals surface area contributed by atoms with Crippen molar-refractivity contribution in [3.63, 3.8) is 0 Å². The monoisotopic (exact) mass is 592 g/mol. The van der Waals surface area contributed by atoms with Crippen LogP contribution in [0.5, 0.6) is 0 Å². The molecule has 8 aromatic rings. The van der Waals surface area contributed by atoms with Gasteiger partial charge in [0.2, 0.25) is 0 Å². The molecule has 0 saturated heterocycles. The zero-order valence-electron chi connectivity index (χ0n) is 24.0. The second-order valence-electron chi connectivity index (χ2n) is 11.2. The van der Waals surface area contributed by atoms with Gasteiger partial charge in [0.25, 0.3) is 0 Å². The molecule has 3 aromatic heterocycles. The van der Waals surface area contributed by atoms with Crippen LogP contribution in [0.15, 0.2) is 122 Å². The second kappa shape index (κ2) is 9.83. The Morgan fingerprint density at radius 2 is 1.16 bits per heavy atom. The molecule has 0 aliphatic carbocycles. The summed E-state index contributed by atoms with van der Waals surface area (Å²) in [5, 5.41) is 13.0. The van der Waals surface area contributed by atoms with Gasteiger partial charge < -0.3 is 9.13 Å². The average molecular weight is 593 g/mol. The molecule has 0 fully saturated rings. The van der Waals surface area contributed by atoms with Gasteiger partial charge in [-0.25, -0.2) is 0 Å². The van der Waals surface area contributed by atoms with Crippen molar-refractivity contribution in [2.24, 2.45) is 0 Å². The van der Waals surface area contributed by atoms with E-state index in [0.717, 1.165) is 55.8 Å². The van der Waals surface area contributed by atoms with Gasteiger partial charge in [-0.1, -0.05) is 60.2 Å². The van der Waals surface area contributed by atoms with E-state index < -0.39 is 11.7 Å². The first-order valence-electron chi connectivity index (χ1n) is 14.4. The summed E-state index contributed by atoms with van der Waals surface area (Å²) < 4.78 is 45.7. The Balaban J connectivity index is 1.53. The Hall–Kier alpha value is -5.87. The van der Waals surface area contributed by atoms with Crippen LogP contribution >= 0.6 is 0 Å². The third-order valence-electron chi connectivity index (χ3n) is 8.52. The van der Waals surface area contributed by atoms with Crippen molar-refractivity contribution in [3.8, 4) is 28.6 Å². The van der Waals surface area contributed by atoms with Gasteiger partial charge in [0.1, 0.15) is 0 Å². The smallest absolute Gasteiger partial charge is 0.307 e. The molecule has 7 heteroatoms. The van der Waals surface area contributed by atoms with Crippen molar-refractivity contribution < 1.29 is 13.2 Å². The largest absolute Gasteiger partial charge is 0.416 e. The maximum atomic E-state index is 13.8. The fourth-order valence-electron chi connectivity index (χ4n) is 6.54. The van der Waals surface area contributed by atoms with Crippen LogP contribution in [0, 0.1) is 18.3 Å². The van der Waals surface area contributed by atoms with Crippen LogP contribution in [-0.4, -0.2) is 14.1 Å². The summed E-state index contributed by atoms with van der Waals surface area (Å²) in [6.07, 6.45) is -0.877. The molecule has 0 N–H and O–H groups in total. The highest BCUT2D eigenvalue weighted by atomic mass is 19.4. The Morgan fingerprint density at radius 3 is 1.73 bits per heavy atom. The van der Waals surface area contributed by atoms with Gasteiger partial charge in [0, 0.05) is 27.1 Å². The molecular formula is C38H23F3N4. The van der Waals surface area contributed by atoms with Gasteiger partial charge in [-0.3, -0.25) is 4.98 Å². The van der Waals surface area contributed by atoms with E-state index in [2.05, 4.69) is 47.9 Å². The van der Waals surface area contributed by atoms with Crippen LogP contribution in [-0.2, 0) is 6.18 Å². The van der Waals surface area contributed by atoms with Crippen molar-refractivity contribution in [3.05, 3.63) is 138 Å². The molecule has 3 heterocycles. The summed E-state index contributed by atoms with van der Waals surface area (Å²) >= 11 is 0. The number of aromatic nitrogens is 3. The Morgan fingerprint density at radius 1 is 0.622 bits per heavy atom. The summed E-state index contributed by atoms with van der Waals surface area (Å²) in [7, 11) is 0. The standard InChI is InChI=1S/C38H23F3N4/c1-23-10-16-33-29(18-23)27-6-2-4-8-31(27)44(33)35-21-43-22-36(37(35)25-13-11-24(20-42)12-14-25)45-32-9-5-3-7-28(32)30-19-26(38(39,40)41)15-17-34(30)45/h2-19,21-22H,1H3. The van der Waals surface area contributed by atoms with Crippen LogP contribution in [0.4, 0.5) is 13.2 Å². The number of hydrogen-bond donors (Lipinski definition) is 0. The van der Waals surface area contributed by atoms with Crippen molar-refractivity contribution >= 4 is 43.6 Å². The van der Waals surface area contributed by atoms with Crippen LogP contribution in [0.25, 0.3) is 66.1 Å². The first kappa shape index (κ1) is 26.7. The lowest BCUT2D eigenvalue weighted by molar-refractivity contribution is -0.137. The average Bonchev–Trinajstić information content (AvgIpc) is 3.56. The zero-order valence-corrected chi connectivity index (χ0v) is 24.0. The van der Waals surface area contributed by atoms with Crippen LogP contribution in [0.3, 0.4) is 0 Å². The molecule has 0 aliphatic heterocycles. The fourth-order valence-corrected chi connectivity index (χ4v) is 6.54. The van der Waals surface area contributed by atoms with Crippen LogP contribution in [0.2, 0.25) is 0 Å². The summed E-state index contributed by atoms with van der Waals surface area (Å²) in [6, 6.07) is 35.6. The highest BCUT2D eigenvalue weighted by Gasteiger charge is 2.31. The molecule has 45 heavy (non-hydrogen) atoms. The Bertz CT molecular complexity index is 2490. The van der Waals surface area contributed by atoms with Crippen LogP contribution in [0.1, 0.15) is 16.7 Å². The number of aryl methyl sites for hydroxylation is 1. The van der Waals surface area contributed by atoms with E-state index in [1.54, 1.807) is 18.3 Å². The molecule has 0 aliphatic rings. The quantitative estimate of drug-likeness (QED) is 0.205. The van der Waals surface area contributed by atoms with Gasteiger partial charge in [-0.15, -0.1) is 0 Å². The highest BCUT2D eigenvalue weighted by Crippen LogP contribution is 2.42. The third kappa shape index (κ3) is 4.10. The van der Waals surface area contributed by atoms with Gasteiger partial charge >= 0.3 is 6.18 Å². The minimum absolute atomic E-state index is 0.504. The molecule has 0 spiro atoms. The molecule has 216 valence electrons. The lowest BCUT2D eigenvalue weighted by Crippen LogP contribution is -2.06. The Labute approximate surface area is 255 Å². The zero-order chi connectivity index (χ0) is 30.9. The van der Waals surface area contributed by atoms with E-state index in [1.807, 2.05) is 59.3 Å². The molecule has 0 radical (unpaired) electrons. The molecule has 0 bridgehead atoms. The molecule has 8 rings (SSSR count). The number of benzene rings is 5. The minimum Gasteiger partial charge on any atom is -0.307 e. The minimum atomic E-state index is -4.47. The van der Waals surface area contributed by atoms with E-state index >= 15 is 0 Å². The molecule has 5 aromatic carbocycles. The number of hydrogen-bond acceptors (Lipinski definition) is 2. The summed E-state index contributed by atoms with van der Waals surface area (Å²) in [6.45, 7) is 2.07. The maximum absolute atomic E-state index is 13.8. The van der Waals surface area contributed by atoms with Gasteiger partial charge in [-0.05, 0) is 67.1 Å².